The molecule has 3 aromatic carbocycles. The van der Waals surface area contributed by atoms with E-state index in [9.17, 15) is 4.79 Å². The smallest absolute Gasteiger partial charge is 0.260 e. The largest absolute Gasteiger partial charge is 0.484 e. The summed E-state index contributed by atoms with van der Waals surface area (Å²) in [4.78, 5) is 16.6. The zero-order valence-corrected chi connectivity index (χ0v) is 15.7. The molecule has 138 valence electrons. The maximum Gasteiger partial charge on any atom is 0.260 e. The normalized spacial score (nSPS) is 14.4. The summed E-state index contributed by atoms with van der Waals surface area (Å²) in [5, 5.41) is 3.00. The Hall–Kier alpha value is -2.72. The molecule has 4 rings (SSSR count). The van der Waals surface area contributed by atoms with Gasteiger partial charge in [-0.05, 0) is 41.1 Å². The average molecular weight is 381 g/mol. The minimum absolute atomic E-state index is 0.0221. The van der Waals surface area contributed by atoms with E-state index in [0.717, 1.165) is 40.3 Å². The zero-order valence-electron chi connectivity index (χ0n) is 15.0. The van der Waals surface area contributed by atoms with Crippen LogP contribution in [0.2, 0.25) is 5.02 Å². The van der Waals surface area contributed by atoms with Crippen LogP contribution >= 0.6 is 11.6 Å². The van der Waals surface area contributed by atoms with Crippen LogP contribution in [0.25, 0.3) is 10.8 Å². The van der Waals surface area contributed by atoms with E-state index in [1.165, 1.54) is 0 Å². The first-order valence-electron chi connectivity index (χ1n) is 9.09. The van der Waals surface area contributed by atoms with E-state index in [2.05, 4.69) is 11.0 Å². The number of nitrogens with zero attached hydrogens (tertiary/aromatic N) is 2. The number of fused-ring (bicyclic) bond motifs is 1. The van der Waals surface area contributed by atoms with E-state index >= 15 is 0 Å². The molecule has 1 heterocycles. The summed E-state index contributed by atoms with van der Waals surface area (Å²) >= 11 is 6.07. The highest BCUT2D eigenvalue weighted by molar-refractivity contribution is 6.30. The van der Waals surface area contributed by atoms with Crippen LogP contribution < -0.4 is 9.64 Å². The van der Waals surface area contributed by atoms with E-state index in [4.69, 9.17) is 16.3 Å². The molecule has 0 radical (unpaired) electrons. The molecular weight excluding hydrogens is 360 g/mol. The van der Waals surface area contributed by atoms with Crippen LogP contribution in [0.5, 0.6) is 5.75 Å². The second kappa shape index (κ2) is 7.89. The van der Waals surface area contributed by atoms with Crippen LogP contribution in [0, 0.1) is 0 Å². The monoisotopic (exact) mass is 380 g/mol. The highest BCUT2D eigenvalue weighted by Crippen LogP contribution is 2.22. The summed E-state index contributed by atoms with van der Waals surface area (Å²) in [7, 11) is 0. The molecule has 4 nitrogen and oxygen atoms in total. The fraction of sp³-hybridized carbons (Fsp3) is 0.227. The Kier molecular flexibility index (Phi) is 5.16. The van der Waals surface area contributed by atoms with Crippen molar-refractivity contribution in [2.24, 2.45) is 0 Å². The lowest BCUT2D eigenvalue weighted by molar-refractivity contribution is -0.133. The van der Waals surface area contributed by atoms with Crippen LogP contribution in [0.3, 0.4) is 0 Å². The number of carbonyl (C=O) groups excluding carboxylic acids is 1. The van der Waals surface area contributed by atoms with E-state index in [0.29, 0.717) is 13.1 Å². The van der Waals surface area contributed by atoms with Crippen molar-refractivity contribution >= 4 is 34.0 Å². The molecule has 3 aromatic rings. The van der Waals surface area contributed by atoms with Crippen molar-refractivity contribution < 1.29 is 9.53 Å². The molecule has 1 amide bonds. The third kappa shape index (κ3) is 4.17. The number of rotatable bonds is 4. The number of carbonyl (C=O) groups is 1. The first-order chi connectivity index (χ1) is 13.2. The van der Waals surface area contributed by atoms with Crippen LogP contribution in [0.15, 0.2) is 66.7 Å². The van der Waals surface area contributed by atoms with E-state index < -0.39 is 0 Å². The average Bonchev–Trinajstić information content (AvgIpc) is 2.72. The SMILES string of the molecule is O=C(COc1ccc2ccccc2c1)N1CCN(c2cccc(Cl)c2)CC1. The van der Waals surface area contributed by atoms with Gasteiger partial charge in [-0.15, -0.1) is 0 Å². The van der Waals surface area contributed by atoms with Gasteiger partial charge in [-0.1, -0.05) is 48.0 Å². The number of amides is 1. The molecule has 0 bridgehead atoms. The molecule has 1 aliphatic heterocycles. The Labute approximate surface area is 163 Å². The zero-order chi connectivity index (χ0) is 18.6. The summed E-state index contributed by atoms with van der Waals surface area (Å²) in [5.41, 5.74) is 1.10. The molecule has 0 N–H and O–H groups in total. The van der Waals surface area contributed by atoms with E-state index in [-0.39, 0.29) is 12.5 Å². The summed E-state index contributed by atoms with van der Waals surface area (Å²) in [6, 6.07) is 21.8. The number of anilines is 1. The second-order valence-electron chi connectivity index (χ2n) is 6.65. The van der Waals surface area contributed by atoms with Gasteiger partial charge in [0.1, 0.15) is 5.75 Å². The Morgan fingerprint density at radius 3 is 2.44 bits per heavy atom. The van der Waals surface area contributed by atoms with Gasteiger partial charge in [-0.2, -0.15) is 0 Å². The highest BCUT2D eigenvalue weighted by Gasteiger charge is 2.21. The molecule has 0 unspecified atom stereocenters. The minimum Gasteiger partial charge on any atom is -0.484 e. The molecule has 1 saturated heterocycles. The van der Waals surface area contributed by atoms with Gasteiger partial charge in [-0.25, -0.2) is 0 Å². The number of benzene rings is 3. The lowest BCUT2D eigenvalue weighted by Gasteiger charge is -2.36. The first kappa shape index (κ1) is 17.7. The molecular formula is C22H21ClN2O2. The third-order valence-electron chi connectivity index (χ3n) is 4.89. The maximum atomic E-state index is 12.5. The lowest BCUT2D eigenvalue weighted by Crippen LogP contribution is -2.50. The molecule has 0 spiro atoms. The number of hydrogen-bond acceptors (Lipinski definition) is 3. The summed E-state index contributed by atoms with van der Waals surface area (Å²) in [6.07, 6.45) is 0. The highest BCUT2D eigenvalue weighted by atomic mass is 35.5. The van der Waals surface area contributed by atoms with Crippen LogP contribution in [-0.4, -0.2) is 43.6 Å². The molecule has 1 aliphatic rings. The maximum absolute atomic E-state index is 12.5. The van der Waals surface area contributed by atoms with Crippen molar-refractivity contribution in [2.45, 2.75) is 0 Å². The van der Waals surface area contributed by atoms with Gasteiger partial charge in [0.15, 0.2) is 6.61 Å². The van der Waals surface area contributed by atoms with Crippen molar-refractivity contribution in [1.29, 1.82) is 0 Å². The fourth-order valence-corrected chi connectivity index (χ4v) is 3.56. The predicted molar refractivity (Wildman–Crippen MR) is 110 cm³/mol. The number of ether oxygens (including phenoxy) is 1. The Bertz CT molecular complexity index is 952. The predicted octanol–water partition coefficient (Wildman–Crippen LogP) is 4.22. The molecule has 0 aromatic heterocycles. The number of halogens is 1. The van der Waals surface area contributed by atoms with Gasteiger partial charge < -0.3 is 14.5 Å². The number of hydrogen-bond donors (Lipinski definition) is 0. The molecule has 27 heavy (non-hydrogen) atoms. The summed E-state index contributed by atoms with van der Waals surface area (Å²) in [5.74, 6) is 0.744. The fourth-order valence-electron chi connectivity index (χ4n) is 3.38. The second-order valence-corrected chi connectivity index (χ2v) is 7.08. The topological polar surface area (TPSA) is 32.8 Å². The van der Waals surface area contributed by atoms with Crippen molar-refractivity contribution in [3.8, 4) is 5.75 Å². The van der Waals surface area contributed by atoms with Gasteiger partial charge in [0.2, 0.25) is 0 Å². The van der Waals surface area contributed by atoms with E-state index in [1.807, 2.05) is 65.6 Å². The van der Waals surface area contributed by atoms with Gasteiger partial charge in [0.25, 0.3) is 5.91 Å². The number of piperazine rings is 1. The van der Waals surface area contributed by atoms with Gasteiger partial charge in [0.05, 0.1) is 0 Å². The van der Waals surface area contributed by atoms with Crippen molar-refractivity contribution in [3.05, 3.63) is 71.8 Å². The Morgan fingerprint density at radius 2 is 1.67 bits per heavy atom. The third-order valence-corrected chi connectivity index (χ3v) is 5.12. The standard InChI is InChI=1S/C22H21ClN2O2/c23-19-6-3-7-20(15-19)24-10-12-25(13-11-24)22(26)16-27-21-9-8-17-4-1-2-5-18(17)14-21/h1-9,14-15H,10-13,16H2. The Morgan fingerprint density at radius 1 is 0.889 bits per heavy atom. The van der Waals surface area contributed by atoms with Gasteiger partial charge in [0, 0.05) is 36.9 Å². The first-order valence-corrected chi connectivity index (χ1v) is 9.47. The van der Waals surface area contributed by atoms with Crippen LogP contribution in [0.4, 0.5) is 5.69 Å². The van der Waals surface area contributed by atoms with Crippen molar-refractivity contribution in [2.75, 3.05) is 37.7 Å². The Balaban J connectivity index is 1.31. The van der Waals surface area contributed by atoms with Crippen LogP contribution in [0.1, 0.15) is 0 Å². The molecule has 5 heteroatoms. The summed E-state index contributed by atoms with van der Waals surface area (Å²) < 4.78 is 5.73. The molecule has 1 fully saturated rings. The molecule has 0 aliphatic carbocycles. The molecule has 0 atom stereocenters. The lowest BCUT2D eigenvalue weighted by atomic mass is 10.1. The van der Waals surface area contributed by atoms with Gasteiger partial charge >= 0.3 is 0 Å². The van der Waals surface area contributed by atoms with Gasteiger partial charge in [-0.3, -0.25) is 4.79 Å². The minimum atomic E-state index is 0.0221. The molecule has 0 saturated carbocycles. The van der Waals surface area contributed by atoms with Crippen molar-refractivity contribution in [3.63, 3.8) is 0 Å². The van der Waals surface area contributed by atoms with E-state index in [1.54, 1.807) is 0 Å². The van der Waals surface area contributed by atoms with Crippen molar-refractivity contribution in [1.82, 2.24) is 4.90 Å². The summed E-state index contributed by atoms with van der Waals surface area (Å²) in [6.45, 7) is 3.03. The van der Waals surface area contributed by atoms with Crippen LogP contribution in [-0.2, 0) is 4.79 Å². The quantitative estimate of drug-likeness (QED) is 0.679.